The van der Waals surface area contributed by atoms with Gasteiger partial charge in [0, 0.05) is 18.1 Å². The van der Waals surface area contributed by atoms with E-state index >= 15 is 0 Å². The number of ether oxygens (including phenoxy) is 1. The van der Waals surface area contributed by atoms with Gasteiger partial charge in [-0.25, -0.2) is 0 Å². The molecule has 1 aromatic carbocycles. The van der Waals surface area contributed by atoms with Crippen LogP contribution in [0, 0.1) is 5.92 Å². The van der Waals surface area contributed by atoms with Crippen molar-refractivity contribution in [3.63, 3.8) is 0 Å². The van der Waals surface area contributed by atoms with Gasteiger partial charge < -0.3 is 14.7 Å². The second-order valence-electron chi connectivity index (χ2n) is 5.43. The Morgan fingerprint density at radius 1 is 1.42 bits per heavy atom. The molecular weight excluding hydrogens is 262 g/mol. The third kappa shape index (κ3) is 5.01. The van der Waals surface area contributed by atoms with Crippen LogP contribution in [0.1, 0.15) is 19.8 Å². The zero-order valence-corrected chi connectivity index (χ0v) is 12.1. The summed E-state index contributed by atoms with van der Waals surface area (Å²) in [7, 11) is 0. The van der Waals surface area contributed by atoms with Crippen molar-refractivity contribution in [1.82, 2.24) is 4.90 Å². The molecule has 3 nitrogen and oxygen atoms in total. The lowest BCUT2D eigenvalue weighted by Gasteiger charge is -2.32. The molecule has 0 spiro atoms. The summed E-state index contributed by atoms with van der Waals surface area (Å²) in [6, 6.07) is 7.21. The number of hydrogen-bond acceptors (Lipinski definition) is 3. The molecule has 1 fully saturated rings. The van der Waals surface area contributed by atoms with Crippen molar-refractivity contribution >= 4 is 11.6 Å². The summed E-state index contributed by atoms with van der Waals surface area (Å²) in [6.07, 6.45) is 2.08. The lowest BCUT2D eigenvalue weighted by molar-refractivity contribution is 0.0537. The van der Waals surface area contributed by atoms with Gasteiger partial charge in [0.05, 0.1) is 0 Å². The van der Waals surface area contributed by atoms with Crippen LogP contribution in [0.5, 0.6) is 5.75 Å². The average molecular weight is 284 g/mol. The first kappa shape index (κ1) is 14.6. The highest BCUT2D eigenvalue weighted by atomic mass is 35.5. The summed E-state index contributed by atoms with van der Waals surface area (Å²) < 4.78 is 5.56. The van der Waals surface area contributed by atoms with Crippen LogP contribution in [0.25, 0.3) is 0 Å². The Bertz CT molecular complexity index is 382. The lowest BCUT2D eigenvalue weighted by atomic mass is 10.0. The molecular formula is C15H22ClNO2. The molecule has 2 rings (SSSR count). The van der Waals surface area contributed by atoms with Crippen molar-refractivity contribution in [2.75, 3.05) is 26.2 Å². The predicted octanol–water partition coefficient (Wildman–Crippen LogP) is 2.81. The summed E-state index contributed by atoms with van der Waals surface area (Å²) in [6.45, 7) is 5.45. The van der Waals surface area contributed by atoms with Crippen LogP contribution in [0.2, 0.25) is 5.02 Å². The Morgan fingerprint density at radius 2 is 2.16 bits per heavy atom. The van der Waals surface area contributed by atoms with Gasteiger partial charge in [-0.3, -0.25) is 0 Å². The third-order valence-electron chi connectivity index (χ3n) is 3.47. The van der Waals surface area contributed by atoms with Gasteiger partial charge in [-0.1, -0.05) is 18.5 Å². The van der Waals surface area contributed by atoms with E-state index < -0.39 is 6.10 Å². The quantitative estimate of drug-likeness (QED) is 0.902. The first-order valence-corrected chi connectivity index (χ1v) is 7.30. The molecule has 106 valence electrons. The standard InChI is InChI=1S/C15H22ClNO2/c1-12-3-2-8-17(9-12)10-14(18)11-19-15-6-4-13(16)5-7-15/h4-7,12,14,18H,2-3,8-11H2,1H3/t12-,14+/m1/s1. The number of benzene rings is 1. The summed E-state index contributed by atoms with van der Waals surface area (Å²) in [5.74, 6) is 1.48. The number of halogens is 1. The number of hydrogen-bond donors (Lipinski definition) is 1. The number of rotatable bonds is 5. The molecule has 2 atom stereocenters. The molecule has 0 aliphatic carbocycles. The number of piperidine rings is 1. The number of nitrogens with zero attached hydrogens (tertiary/aromatic N) is 1. The predicted molar refractivity (Wildman–Crippen MR) is 77.8 cm³/mol. The van der Waals surface area contributed by atoms with E-state index in [1.54, 1.807) is 12.1 Å². The van der Waals surface area contributed by atoms with Gasteiger partial charge >= 0.3 is 0 Å². The zero-order chi connectivity index (χ0) is 13.7. The monoisotopic (exact) mass is 283 g/mol. The SMILES string of the molecule is C[C@@H]1CCCN(C[C@H](O)COc2ccc(Cl)cc2)C1. The highest BCUT2D eigenvalue weighted by Crippen LogP contribution is 2.17. The second kappa shape index (κ2) is 7.13. The van der Waals surface area contributed by atoms with Crippen molar-refractivity contribution in [2.24, 2.45) is 5.92 Å². The van der Waals surface area contributed by atoms with Crippen molar-refractivity contribution < 1.29 is 9.84 Å². The van der Waals surface area contributed by atoms with Gasteiger partial charge in [0.1, 0.15) is 18.5 Å². The Kier molecular flexibility index (Phi) is 5.49. The van der Waals surface area contributed by atoms with Crippen molar-refractivity contribution in [3.05, 3.63) is 29.3 Å². The highest BCUT2D eigenvalue weighted by Gasteiger charge is 2.19. The fourth-order valence-electron chi connectivity index (χ4n) is 2.53. The third-order valence-corrected chi connectivity index (χ3v) is 3.72. The van der Waals surface area contributed by atoms with Gasteiger partial charge in [-0.2, -0.15) is 0 Å². The van der Waals surface area contributed by atoms with E-state index in [-0.39, 0.29) is 0 Å². The first-order valence-electron chi connectivity index (χ1n) is 6.92. The largest absolute Gasteiger partial charge is 0.491 e. The minimum atomic E-state index is -0.444. The van der Waals surface area contributed by atoms with E-state index in [4.69, 9.17) is 16.3 Å². The minimum Gasteiger partial charge on any atom is -0.491 e. The summed E-state index contributed by atoms with van der Waals surface area (Å²) >= 11 is 5.81. The maximum atomic E-state index is 10.0. The van der Waals surface area contributed by atoms with Gasteiger partial charge in [-0.05, 0) is 49.6 Å². The smallest absolute Gasteiger partial charge is 0.119 e. The highest BCUT2D eigenvalue weighted by molar-refractivity contribution is 6.30. The summed E-state index contributed by atoms with van der Waals surface area (Å²) in [5.41, 5.74) is 0. The van der Waals surface area contributed by atoms with Crippen molar-refractivity contribution in [1.29, 1.82) is 0 Å². The first-order chi connectivity index (χ1) is 9.13. The summed E-state index contributed by atoms with van der Waals surface area (Å²) in [4.78, 5) is 2.32. The average Bonchev–Trinajstić information content (AvgIpc) is 2.38. The van der Waals surface area contributed by atoms with Crippen LogP contribution < -0.4 is 4.74 Å². The Morgan fingerprint density at radius 3 is 2.84 bits per heavy atom. The van der Waals surface area contributed by atoms with E-state index in [9.17, 15) is 5.11 Å². The van der Waals surface area contributed by atoms with Crippen molar-refractivity contribution in [3.8, 4) is 5.75 Å². The topological polar surface area (TPSA) is 32.7 Å². The molecule has 0 radical (unpaired) electrons. The second-order valence-corrected chi connectivity index (χ2v) is 5.86. The number of likely N-dealkylation sites (tertiary alicyclic amines) is 1. The van der Waals surface area contributed by atoms with E-state index in [0.717, 1.165) is 24.8 Å². The molecule has 1 aromatic rings. The molecule has 0 unspecified atom stereocenters. The maximum Gasteiger partial charge on any atom is 0.119 e. The normalized spacial score (nSPS) is 22.2. The van der Waals surface area contributed by atoms with E-state index in [1.165, 1.54) is 12.8 Å². The molecule has 0 amide bonds. The summed E-state index contributed by atoms with van der Waals surface area (Å²) in [5, 5.41) is 10.7. The van der Waals surface area contributed by atoms with E-state index in [2.05, 4.69) is 11.8 Å². The molecule has 19 heavy (non-hydrogen) atoms. The lowest BCUT2D eigenvalue weighted by Crippen LogP contribution is -2.41. The van der Waals surface area contributed by atoms with E-state index in [0.29, 0.717) is 18.2 Å². The fourth-order valence-corrected chi connectivity index (χ4v) is 2.65. The van der Waals surface area contributed by atoms with Crippen molar-refractivity contribution in [2.45, 2.75) is 25.9 Å². The molecule has 4 heteroatoms. The van der Waals surface area contributed by atoms with Crippen LogP contribution in [-0.4, -0.2) is 42.4 Å². The molecule has 1 aliphatic heterocycles. The molecule has 0 saturated carbocycles. The molecule has 1 saturated heterocycles. The molecule has 1 aliphatic rings. The number of aliphatic hydroxyl groups excluding tert-OH is 1. The maximum absolute atomic E-state index is 10.0. The molecule has 1 N–H and O–H groups in total. The molecule has 0 bridgehead atoms. The van der Waals surface area contributed by atoms with Gasteiger partial charge in [0.15, 0.2) is 0 Å². The minimum absolute atomic E-state index is 0.326. The Labute approximate surface area is 120 Å². The Balaban J connectivity index is 1.72. The van der Waals surface area contributed by atoms with Gasteiger partial charge in [-0.15, -0.1) is 0 Å². The molecule has 1 heterocycles. The fraction of sp³-hybridized carbons (Fsp3) is 0.600. The number of β-amino-alcohol motifs (C(OH)–C–C–N with tert-alkyl or cyclic N) is 1. The molecule has 0 aromatic heterocycles. The zero-order valence-electron chi connectivity index (χ0n) is 11.4. The van der Waals surface area contributed by atoms with Crippen LogP contribution >= 0.6 is 11.6 Å². The van der Waals surface area contributed by atoms with Crippen LogP contribution in [-0.2, 0) is 0 Å². The van der Waals surface area contributed by atoms with Crippen LogP contribution in [0.15, 0.2) is 24.3 Å². The number of aliphatic hydroxyl groups is 1. The van der Waals surface area contributed by atoms with Crippen LogP contribution in [0.3, 0.4) is 0 Å². The van der Waals surface area contributed by atoms with Gasteiger partial charge in [0.25, 0.3) is 0 Å². The van der Waals surface area contributed by atoms with E-state index in [1.807, 2.05) is 12.1 Å². The van der Waals surface area contributed by atoms with Crippen LogP contribution in [0.4, 0.5) is 0 Å². The Hall–Kier alpha value is -0.770. The van der Waals surface area contributed by atoms with Gasteiger partial charge in [0.2, 0.25) is 0 Å².